The number of carboxylic acid groups (broad SMARTS) is 1. The summed E-state index contributed by atoms with van der Waals surface area (Å²) < 4.78 is 43.2. The molecule has 3 aliphatic heterocycles. The Balaban J connectivity index is 1.10. The van der Waals surface area contributed by atoms with E-state index in [-0.39, 0.29) is 52.0 Å². The Morgan fingerprint density at radius 3 is 1.97 bits per heavy atom. The van der Waals surface area contributed by atoms with E-state index in [1.807, 2.05) is 6.92 Å². The van der Waals surface area contributed by atoms with Gasteiger partial charge >= 0.3 is 11.9 Å². The van der Waals surface area contributed by atoms with E-state index in [1.165, 1.54) is 12.5 Å². The van der Waals surface area contributed by atoms with E-state index in [0.717, 1.165) is 32.1 Å². The number of aliphatic hydroxyl groups excluding tert-OH is 9. The topological polar surface area (TPSA) is 301 Å². The van der Waals surface area contributed by atoms with Crippen molar-refractivity contribution in [2.75, 3.05) is 13.2 Å². The molecule has 0 aromatic heterocycles. The van der Waals surface area contributed by atoms with Gasteiger partial charge in [0, 0.05) is 11.0 Å². The fourth-order valence-electron chi connectivity index (χ4n) is 15.7. The number of carbonyl (C=O) groups excluding carboxylic acids is 1. The first kappa shape index (κ1) is 56.0. The van der Waals surface area contributed by atoms with E-state index >= 15 is 0 Å². The molecule has 72 heavy (non-hydrogen) atoms. The number of ether oxygens (including phenoxy) is 7. The number of aliphatic carboxylic acids is 1. The van der Waals surface area contributed by atoms with Gasteiger partial charge in [-0.05, 0) is 123 Å². The van der Waals surface area contributed by atoms with Crippen LogP contribution in [0, 0.1) is 50.2 Å². The Morgan fingerprint density at radius 1 is 0.708 bits per heavy atom. The second-order valence-electron chi connectivity index (χ2n) is 25.0. The normalized spacial score (nSPS) is 51.1. The van der Waals surface area contributed by atoms with Crippen molar-refractivity contribution in [3.8, 4) is 0 Å². The Kier molecular flexibility index (Phi) is 15.6. The highest BCUT2D eigenvalue weighted by Crippen LogP contribution is 2.76. The third kappa shape index (κ3) is 8.96. The Morgan fingerprint density at radius 2 is 1.35 bits per heavy atom. The van der Waals surface area contributed by atoms with E-state index in [0.29, 0.717) is 31.3 Å². The van der Waals surface area contributed by atoms with Gasteiger partial charge in [-0.2, -0.15) is 0 Å². The molecule has 19 heteroatoms. The summed E-state index contributed by atoms with van der Waals surface area (Å²) in [5, 5.41) is 108. The summed E-state index contributed by atoms with van der Waals surface area (Å²) in [6.45, 7) is 20.1. The van der Waals surface area contributed by atoms with Crippen LogP contribution in [-0.2, 0) is 42.7 Å². The van der Waals surface area contributed by atoms with E-state index in [1.54, 1.807) is 13.0 Å². The molecule has 8 rings (SSSR count). The molecule has 3 heterocycles. The van der Waals surface area contributed by atoms with Gasteiger partial charge < -0.3 is 84.2 Å². The Bertz CT molecular complexity index is 2060. The van der Waals surface area contributed by atoms with Crippen LogP contribution in [0.4, 0.5) is 0 Å². The molecule has 0 aromatic carbocycles. The molecule has 24 atom stereocenters. The lowest BCUT2D eigenvalue weighted by atomic mass is 9.33. The van der Waals surface area contributed by atoms with Crippen LogP contribution in [0.3, 0.4) is 0 Å². The van der Waals surface area contributed by atoms with Gasteiger partial charge in [0.05, 0.1) is 25.4 Å². The molecule has 4 saturated carbocycles. The van der Waals surface area contributed by atoms with Crippen LogP contribution >= 0.6 is 0 Å². The van der Waals surface area contributed by atoms with Gasteiger partial charge in [0.2, 0.25) is 0 Å². The smallest absolute Gasteiger partial charge is 0.335 e. The number of rotatable bonds is 11. The summed E-state index contributed by atoms with van der Waals surface area (Å²) in [5.74, 6) is -1.63. The molecular weight excluding hydrogens is 941 g/mol. The Hall–Kier alpha value is -2.18. The number of hydrogen-bond acceptors (Lipinski definition) is 18. The lowest BCUT2D eigenvalue weighted by Gasteiger charge is -2.72. The van der Waals surface area contributed by atoms with Crippen molar-refractivity contribution in [1.29, 1.82) is 0 Å². The molecule has 3 saturated heterocycles. The molecule has 0 unspecified atom stereocenters. The fraction of sp³-hybridized carbons (Fsp3) is 0.887. The predicted octanol–water partition coefficient (Wildman–Crippen LogP) is 2.22. The number of allylic oxidation sites excluding steroid dienone is 3. The number of fused-ring (bicyclic) bond motifs is 7. The third-order valence-electron chi connectivity index (χ3n) is 20.4. The quantitative estimate of drug-likeness (QED) is 0.0614. The number of carbonyl (C=O) groups is 2. The summed E-state index contributed by atoms with van der Waals surface area (Å²) in [7, 11) is 0. The number of aliphatic hydroxyl groups is 9. The number of hydrogen-bond donors (Lipinski definition) is 10. The average Bonchev–Trinajstić information content (AvgIpc) is 3.32. The second-order valence-corrected chi connectivity index (χ2v) is 25.0. The zero-order valence-corrected chi connectivity index (χ0v) is 43.6. The van der Waals surface area contributed by atoms with Crippen molar-refractivity contribution < 1.29 is 93.8 Å². The largest absolute Gasteiger partial charge is 0.479 e. The number of esters is 1. The highest BCUT2D eigenvalue weighted by molar-refractivity contribution is 5.87. The first-order valence-electron chi connectivity index (χ1n) is 26.3. The molecule has 19 nitrogen and oxygen atoms in total. The maximum Gasteiger partial charge on any atom is 0.335 e. The van der Waals surface area contributed by atoms with Gasteiger partial charge in [0.15, 0.2) is 25.0 Å². The molecule has 10 N–H and O–H groups in total. The van der Waals surface area contributed by atoms with Gasteiger partial charge in [0.25, 0.3) is 0 Å². The molecule has 0 radical (unpaired) electrons. The van der Waals surface area contributed by atoms with Gasteiger partial charge in [-0.15, -0.1) is 0 Å². The van der Waals surface area contributed by atoms with Crippen LogP contribution < -0.4 is 0 Å². The van der Waals surface area contributed by atoms with Gasteiger partial charge in [-0.1, -0.05) is 66.2 Å². The molecule has 5 aliphatic carbocycles. The first-order chi connectivity index (χ1) is 33.6. The van der Waals surface area contributed by atoms with Crippen molar-refractivity contribution in [3.63, 3.8) is 0 Å². The van der Waals surface area contributed by atoms with E-state index < -0.39 is 128 Å². The van der Waals surface area contributed by atoms with Crippen LogP contribution in [0.15, 0.2) is 23.3 Å². The molecule has 7 fully saturated rings. The van der Waals surface area contributed by atoms with Crippen molar-refractivity contribution in [3.05, 3.63) is 23.3 Å². The van der Waals surface area contributed by atoms with E-state index in [2.05, 4.69) is 54.5 Å². The lowest BCUT2D eigenvalue weighted by Crippen LogP contribution is -2.68. The second kappa shape index (κ2) is 20.0. The van der Waals surface area contributed by atoms with Crippen molar-refractivity contribution >= 4 is 11.9 Å². The minimum atomic E-state index is -2.08. The summed E-state index contributed by atoms with van der Waals surface area (Å²) in [5.41, 5.74) is -0.0343. The molecule has 0 spiro atoms. The maximum absolute atomic E-state index is 13.3. The van der Waals surface area contributed by atoms with Crippen LogP contribution in [0.5, 0.6) is 0 Å². The minimum Gasteiger partial charge on any atom is -0.479 e. The standard InChI is InChI=1S/C53H84O19/c1-11-24(2)44(65)68-32-21-48(4,5)20-27-26-12-13-30-50(8)16-15-31(49(6,7)29(50)14-17-52(30,10)51(26,9)18-19-53(27,32)23-55)69-47-42(72-45-37(60)35(58)33(56)25(3)66-45)40(39(62)41(71-47)43(63)64)70-46-38(61)36(59)34(57)28(22-54)67-46/h11-12,25,27-42,45-47,54-62H,13-23H2,1-10H3,(H,63,64)/b24-11+/t25-,27+,28-,29+,30+,31-,32+,33-,34-,35+,36+,37-,38-,39+,40+,41+,42-,45+,46+,47-,50-,51+,52+,53+/m0/s1. The highest BCUT2D eigenvalue weighted by Gasteiger charge is 2.70. The van der Waals surface area contributed by atoms with Crippen molar-refractivity contribution in [2.24, 2.45) is 50.2 Å². The van der Waals surface area contributed by atoms with Crippen molar-refractivity contribution in [2.45, 2.75) is 231 Å². The molecule has 0 aromatic rings. The van der Waals surface area contributed by atoms with E-state index in [4.69, 9.17) is 33.2 Å². The van der Waals surface area contributed by atoms with Gasteiger partial charge in [-0.25, -0.2) is 9.59 Å². The van der Waals surface area contributed by atoms with Crippen LogP contribution in [0.2, 0.25) is 0 Å². The molecular formula is C53H84O19. The van der Waals surface area contributed by atoms with E-state index in [9.17, 15) is 60.7 Å². The average molecular weight is 1030 g/mol. The zero-order chi connectivity index (χ0) is 53.0. The van der Waals surface area contributed by atoms with Crippen molar-refractivity contribution in [1.82, 2.24) is 0 Å². The van der Waals surface area contributed by atoms with Gasteiger partial charge in [0.1, 0.15) is 67.1 Å². The summed E-state index contributed by atoms with van der Waals surface area (Å²) in [6.07, 6.45) is -16.2. The highest BCUT2D eigenvalue weighted by atomic mass is 16.8. The molecule has 0 amide bonds. The molecule has 8 aliphatic rings. The molecule has 0 bridgehead atoms. The maximum atomic E-state index is 13.3. The minimum absolute atomic E-state index is 0.0153. The lowest BCUT2D eigenvalue weighted by molar-refractivity contribution is -0.395. The monoisotopic (exact) mass is 1020 g/mol. The van der Waals surface area contributed by atoms with Gasteiger partial charge in [-0.3, -0.25) is 0 Å². The third-order valence-corrected chi connectivity index (χ3v) is 20.4. The van der Waals surface area contributed by atoms with Crippen LogP contribution in [0.1, 0.15) is 127 Å². The fourth-order valence-corrected chi connectivity index (χ4v) is 15.7. The summed E-state index contributed by atoms with van der Waals surface area (Å²) >= 11 is 0. The first-order valence-corrected chi connectivity index (χ1v) is 26.3. The zero-order valence-electron chi connectivity index (χ0n) is 43.6. The van der Waals surface area contributed by atoms with Crippen LogP contribution in [-0.4, -0.2) is 181 Å². The predicted molar refractivity (Wildman–Crippen MR) is 254 cm³/mol. The number of carboxylic acids is 1. The Labute approximate surface area is 422 Å². The molecule has 410 valence electrons. The summed E-state index contributed by atoms with van der Waals surface area (Å²) in [6, 6.07) is 0. The summed E-state index contributed by atoms with van der Waals surface area (Å²) in [4.78, 5) is 26.2. The van der Waals surface area contributed by atoms with Crippen LogP contribution in [0.25, 0.3) is 0 Å². The SMILES string of the molecule is C/C=C(\C)C(=O)O[C@@H]1CC(C)(C)C[C@@H]2C3=CC[C@@H]4[C@@]5(C)CC[C@H](O[C@H]6O[C@@H](C(=O)O)[C@H](O)[C@@H](O[C@H]7O[C@@H](CO)[C@H](O)[C@@H](O)[C@@H]7O)[C@@H]6O[C@H]6O[C@@H](C)[C@H](O)[C@@H](O)[C@@H]6O)C(C)(C)[C@H]5CC[C@@]4(C)[C@]3(C)CC[C@@]21CO.